The van der Waals surface area contributed by atoms with Crippen LogP contribution in [0.4, 0.5) is 5.82 Å². The Morgan fingerprint density at radius 3 is 2.97 bits per heavy atom. The summed E-state index contributed by atoms with van der Waals surface area (Å²) < 4.78 is 9.17. The van der Waals surface area contributed by atoms with Crippen LogP contribution in [0.25, 0.3) is 22.1 Å². The number of thioether (sulfide) groups is 1. The second kappa shape index (κ2) is 10.2. The maximum absolute atomic E-state index is 12.3. The Kier molecular flexibility index (Phi) is 6.86. The molecule has 0 saturated carbocycles. The minimum absolute atomic E-state index is 0.0296. The largest absolute Gasteiger partial charge is 0.383 e. The van der Waals surface area contributed by atoms with Crippen molar-refractivity contribution in [1.29, 1.82) is 0 Å². The molecule has 0 aliphatic carbocycles. The van der Waals surface area contributed by atoms with E-state index in [4.69, 9.17) is 15.6 Å². The summed E-state index contributed by atoms with van der Waals surface area (Å²) in [5.74, 6) is 8.10. The van der Waals surface area contributed by atoms with Crippen molar-refractivity contribution in [3.05, 3.63) is 54.3 Å². The maximum atomic E-state index is 12.3. The Hall–Kier alpha value is -3.88. The number of nitrogens with zero attached hydrogens (tertiary/aromatic N) is 7. The van der Waals surface area contributed by atoms with Gasteiger partial charge in [-0.1, -0.05) is 12.5 Å². The van der Waals surface area contributed by atoms with Crippen LogP contribution < -0.4 is 5.73 Å². The van der Waals surface area contributed by atoms with E-state index in [1.165, 1.54) is 12.4 Å². The van der Waals surface area contributed by atoms with Crippen LogP contribution >= 0.6 is 11.8 Å². The molecular formula is C26H28N8O2S. The number of rotatable bonds is 6. The van der Waals surface area contributed by atoms with E-state index in [-0.39, 0.29) is 17.2 Å². The highest BCUT2D eigenvalue weighted by atomic mass is 32.2. The van der Waals surface area contributed by atoms with Gasteiger partial charge in [-0.25, -0.2) is 19.6 Å². The van der Waals surface area contributed by atoms with Crippen LogP contribution in [-0.4, -0.2) is 71.7 Å². The standard InChI is InChI=1S/C26H28N8O2S/c1-5-23(35)33-12-19(11-18(33)13-36-4)37-15-34-26-24(25(27)28-14-29-26)20(31-34)8-6-17-7-9-22-21(10-17)30-16(2)32(22)3/h5,7,9-10,14,18-19H,1,11-13,15H2,2-4H3,(H2,27,28,29)/t18-,19?/m1/s1. The van der Waals surface area contributed by atoms with Crippen LogP contribution in [-0.2, 0) is 22.5 Å². The van der Waals surface area contributed by atoms with Gasteiger partial charge in [-0.2, -0.15) is 5.10 Å². The lowest BCUT2D eigenvalue weighted by molar-refractivity contribution is -0.127. The number of likely N-dealkylation sites (tertiary alicyclic amines) is 1. The second-order valence-corrected chi connectivity index (χ2v) is 10.2. The molecule has 1 saturated heterocycles. The van der Waals surface area contributed by atoms with Gasteiger partial charge in [0.25, 0.3) is 0 Å². The molecule has 1 aliphatic heterocycles. The predicted molar refractivity (Wildman–Crippen MR) is 145 cm³/mol. The number of nitrogen functional groups attached to an aromatic ring is 1. The van der Waals surface area contributed by atoms with E-state index in [9.17, 15) is 4.79 Å². The van der Waals surface area contributed by atoms with Crippen molar-refractivity contribution in [2.75, 3.05) is 26.0 Å². The molecule has 1 unspecified atom stereocenters. The third-order valence-corrected chi connectivity index (χ3v) is 7.82. The molecule has 10 nitrogen and oxygen atoms in total. The predicted octanol–water partition coefficient (Wildman–Crippen LogP) is 2.50. The molecule has 1 amide bonds. The summed E-state index contributed by atoms with van der Waals surface area (Å²) in [6.07, 6.45) is 3.62. The number of aromatic nitrogens is 6. The highest BCUT2D eigenvalue weighted by molar-refractivity contribution is 7.99. The van der Waals surface area contributed by atoms with Crippen LogP contribution in [0.3, 0.4) is 0 Å². The van der Waals surface area contributed by atoms with Gasteiger partial charge >= 0.3 is 0 Å². The van der Waals surface area contributed by atoms with Crippen molar-refractivity contribution in [3.8, 4) is 11.8 Å². The highest BCUT2D eigenvalue weighted by Gasteiger charge is 2.34. The van der Waals surface area contributed by atoms with E-state index >= 15 is 0 Å². The van der Waals surface area contributed by atoms with Gasteiger partial charge in [0.1, 0.15) is 23.7 Å². The fraction of sp³-hybridized carbons (Fsp3) is 0.346. The first-order valence-corrected chi connectivity index (χ1v) is 12.9. The van der Waals surface area contributed by atoms with Gasteiger partial charge in [0.2, 0.25) is 5.91 Å². The van der Waals surface area contributed by atoms with E-state index in [0.29, 0.717) is 41.6 Å². The van der Waals surface area contributed by atoms with E-state index in [1.54, 1.807) is 23.6 Å². The van der Waals surface area contributed by atoms with Crippen molar-refractivity contribution in [3.63, 3.8) is 0 Å². The maximum Gasteiger partial charge on any atom is 0.246 e. The number of anilines is 1. The number of aryl methyl sites for hydroxylation is 2. The first-order valence-electron chi connectivity index (χ1n) is 11.8. The molecule has 1 fully saturated rings. The summed E-state index contributed by atoms with van der Waals surface area (Å²) in [5.41, 5.74) is 10.2. The Morgan fingerprint density at radius 1 is 1.35 bits per heavy atom. The summed E-state index contributed by atoms with van der Waals surface area (Å²) in [4.78, 5) is 27.3. The van der Waals surface area contributed by atoms with Crippen LogP contribution in [0.1, 0.15) is 23.5 Å². The van der Waals surface area contributed by atoms with Gasteiger partial charge in [0, 0.05) is 31.5 Å². The van der Waals surface area contributed by atoms with Gasteiger partial charge in [0.15, 0.2) is 5.65 Å². The third kappa shape index (κ3) is 4.77. The van der Waals surface area contributed by atoms with Crippen LogP contribution in [0, 0.1) is 18.8 Å². The van der Waals surface area contributed by atoms with Crippen molar-refractivity contribution in [2.45, 2.75) is 30.5 Å². The summed E-state index contributed by atoms with van der Waals surface area (Å²) in [6, 6.07) is 5.99. The molecule has 2 atom stereocenters. The van der Waals surface area contributed by atoms with Gasteiger partial charge in [-0.05, 0) is 43.5 Å². The third-order valence-electron chi connectivity index (χ3n) is 6.61. The fourth-order valence-corrected chi connectivity index (χ4v) is 5.80. The Morgan fingerprint density at radius 2 is 2.19 bits per heavy atom. The molecule has 4 aromatic rings. The molecule has 37 heavy (non-hydrogen) atoms. The number of methoxy groups -OCH3 is 1. The first-order chi connectivity index (χ1) is 17.9. The summed E-state index contributed by atoms with van der Waals surface area (Å²) in [6.45, 7) is 6.72. The molecular weight excluding hydrogens is 488 g/mol. The lowest BCUT2D eigenvalue weighted by atomic mass is 10.2. The number of carbonyl (C=O) groups excluding carboxylic acids is 1. The van der Waals surface area contributed by atoms with Gasteiger partial charge in [-0.15, -0.1) is 11.8 Å². The quantitative estimate of drug-likeness (QED) is 0.307. The summed E-state index contributed by atoms with van der Waals surface area (Å²) >= 11 is 1.71. The zero-order valence-corrected chi connectivity index (χ0v) is 21.8. The molecule has 0 radical (unpaired) electrons. The van der Waals surface area contributed by atoms with Crippen molar-refractivity contribution >= 4 is 45.6 Å². The van der Waals surface area contributed by atoms with E-state index < -0.39 is 0 Å². The van der Waals surface area contributed by atoms with E-state index in [1.807, 2.05) is 41.6 Å². The molecule has 1 aliphatic rings. The SMILES string of the molecule is C=CC(=O)N1CC(SCn2nc(C#Cc3ccc4c(c3)nc(C)n4C)c3c(N)ncnc32)C[C@@H]1COC. The number of amides is 1. The molecule has 2 N–H and O–H groups in total. The number of hydrogen-bond donors (Lipinski definition) is 1. The molecule has 11 heteroatoms. The number of hydrogen-bond acceptors (Lipinski definition) is 8. The van der Waals surface area contributed by atoms with E-state index in [0.717, 1.165) is 28.8 Å². The highest BCUT2D eigenvalue weighted by Crippen LogP contribution is 2.30. The summed E-state index contributed by atoms with van der Waals surface area (Å²) in [7, 11) is 3.64. The number of fused-ring (bicyclic) bond motifs is 2. The average Bonchev–Trinajstić information content (AvgIpc) is 3.55. The molecule has 1 aromatic carbocycles. The van der Waals surface area contributed by atoms with Crippen LogP contribution in [0.2, 0.25) is 0 Å². The summed E-state index contributed by atoms with van der Waals surface area (Å²) in [5, 5.41) is 5.59. The monoisotopic (exact) mass is 516 g/mol. The van der Waals surface area contributed by atoms with Crippen LogP contribution in [0.15, 0.2) is 37.2 Å². The number of carbonyl (C=O) groups is 1. The van der Waals surface area contributed by atoms with Gasteiger partial charge < -0.3 is 19.9 Å². The molecule has 4 heterocycles. The van der Waals surface area contributed by atoms with Crippen molar-refractivity contribution in [2.24, 2.45) is 7.05 Å². The fourth-order valence-electron chi connectivity index (χ4n) is 4.65. The minimum atomic E-state index is -0.0770. The molecule has 190 valence electrons. The molecule has 0 bridgehead atoms. The number of ether oxygens (including phenoxy) is 1. The van der Waals surface area contributed by atoms with Gasteiger partial charge in [0.05, 0.1) is 34.9 Å². The van der Waals surface area contributed by atoms with Crippen molar-refractivity contribution < 1.29 is 9.53 Å². The first kappa shape index (κ1) is 24.8. The van der Waals surface area contributed by atoms with Crippen LogP contribution in [0.5, 0.6) is 0 Å². The topological polar surface area (TPSA) is 117 Å². The number of imidazole rings is 1. The average molecular weight is 517 g/mol. The Balaban J connectivity index is 1.40. The van der Waals surface area contributed by atoms with Gasteiger partial charge in [-0.3, -0.25) is 4.79 Å². The zero-order valence-electron chi connectivity index (χ0n) is 21.0. The van der Waals surface area contributed by atoms with E-state index in [2.05, 4.69) is 33.4 Å². The number of nitrogens with two attached hydrogens (primary N) is 1. The molecule has 3 aromatic heterocycles. The lowest BCUT2D eigenvalue weighted by Gasteiger charge is -2.22. The molecule has 0 spiro atoms. The zero-order chi connectivity index (χ0) is 26.1. The second-order valence-electron chi connectivity index (χ2n) is 8.93. The Labute approximate surface area is 218 Å². The Bertz CT molecular complexity index is 1560. The smallest absolute Gasteiger partial charge is 0.246 e. The lowest BCUT2D eigenvalue weighted by Crippen LogP contribution is -2.37. The van der Waals surface area contributed by atoms with Crippen molar-refractivity contribution in [1.82, 2.24) is 34.2 Å². The number of benzene rings is 1. The molecule has 5 rings (SSSR count). The minimum Gasteiger partial charge on any atom is -0.383 e. The normalized spacial score (nSPS) is 17.3.